The molecule has 3 unspecified atom stereocenters. The number of aliphatic hydroxyl groups is 1. The maximum atomic E-state index is 13.2. The van der Waals surface area contributed by atoms with Crippen LogP contribution in [0.15, 0.2) is 54.6 Å². The van der Waals surface area contributed by atoms with Gasteiger partial charge in [0.05, 0.1) is 18.5 Å². The van der Waals surface area contributed by atoms with Crippen molar-refractivity contribution in [2.24, 2.45) is 0 Å². The Morgan fingerprint density at radius 2 is 1.83 bits per heavy atom. The van der Waals surface area contributed by atoms with Crippen LogP contribution < -0.4 is 14.8 Å². The Balaban J connectivity index is 1.51. The summed E-state index contributed by atoms with van der Waals surface area (Å²) in [6.45, 7) is 10.1. The van der Waals surface area contributed by atoms with Crippen molar-refractivity contribution >= 4 is 11.8 Å². The molecule has 1 fully saturated rings. The van der Waals surface area contributed by atoms with Crippen molar-refractivity contribution in [1.29, 1.82) is 0 Å². The third-order valence-electron chi connectivity index (χ3n) is 7.67. The number of nitrogens with one attached hydrogen (secondary N) is 1. The molecule has 4 rings (SSSR count). The quantitative estimate of drug-likeness (QED) is 0.222. The molecular weight excluding hydrogens is 520 g/mol. The number of benzene rings is 2. The number of nitrogens with zero attached hydrogens (tertiary/aromatic N) is 1. The topological polar surface area (TPSA) is 107 Å². The molecule has 3 atom stereocenters. The molecule has 8 heteroatoms. The third-order valence-corrected chi connectivity index (χ3v) is 7.67. The largest absolute Gasteiger partial charge is 0.493 e. The van der Waals surface area contributed by atoms with E-state index in [-0.39, 0.29) is 36.7 Å². The fourth-order valence-electron chi connectivity index (χ4n) is 4.86. The molecule has 1 aromatic heterocycles. The molecule has 0 radical (unpaired) electrons. The van der Waals surface area contributed by atoms with Crippen LogP contribution in [0.5, 0.6) is 11.5 Å². The number of carbonyl (C=O) groups is 2. The van der Waals surface area contributed by atoms with Crippen molar-refractivity contribution in [3.8, 4) is 22.8 Å². The predicted molar refractivity (Wildman–Crippen MR) is 157 cm³/mol. The van der Waals surface area contributed by atoms with Gasteiger partial charge in [0, 0.05) is 30.0 Å². The van der Waals surface area contributed by atoms with Crippen LogP contribution in [0.4, 0.5) is 0 Å². The van der Waals surface area contributed by atoms with Crippen LogP contribution in [0, 0.1) is 6.92 Å². The van der Waals surface area contributed by atoms with Gasteiger partial charge in [0.2, 0.25) is 0 Å². The lowest BCUT2D eigenvalue weighted by atomic mass is 9.81. The van der Waals surface area contributed by atoms with E-state index < -0.39 is 11.7 Å². The summed E-state index contributed by atoms with van der Waals surface area (Å²) < 4.78 is 16.3. The lowest BCUT2D eigenvalue weighted by Crippen LogP contribution is -2.51. The maximum Gasteiger partial charge on any atom is 0.303 e. The Hall–Kier alpha value is -3.75. The third kappa shape index (κ3) is 7.31. The van der Waals surface area contributed by atoms with Crippen LogP contribution in [0.2, 0.25) is 0 Å². The van der Waals surface area contributed by atoms with E-state index >= 15 is 0 Å². The number of carbonyl (C=O) groups excluding carboxylic acids is 2. The zero-order valence-corrected chi connectivity index (χ0v) is 24.7. The normalized spacial score (nSPS) is 18.5. The number of Topliss-reactive ketones (excluding diaryl/α,β-unsaturated/α-hetero) is 1. The summed E-state index contributed by atoms with van der Waals surface area (Å²) in [5.74, 6) is 0.326. The lowest BCUT2D eigenvalue weighted by molar-refractivity contribution is -0.146. The van der Waals surface area contributed by atoms with Crippen LogP contribution in [0.1, 0.15) is 74.1 Å². The van der Waals surface area contributed by atoms with Crippen molar-refractivity contribution in [2.75, 3.05) is 20.3 Å². The van der Waals surface area contributed by atoms with E-state index in [9.17, 15) is 14.7 Å². The van der Waals surface area contributed by atoms with Crippen molar-refractivity contribution in [3.05, 3.63) is 77.0 Å². The first-order chi connectivity index (χ1) is 19.4. The second kappa shape index (κ2) is 12.4. The number of ketones is 1. The highest BCUT2D eigenvalue weighted by Crippen LogP contribution is 2.37. The zero-order chi connectivity index (χ0) is 29.8. The molecule has 0 saturated carbocycles. The Kier molecular flexibility index (Phi) is 9.14. The summed E-state index contributed by atoms with van der Waals surface area (Å²) >= 11 is 0. The highest BCUT2D eigenvalue weighted by atomic mass is 16.6. The minimum atomic E-state index is -1.33. The molecule has 0 amide bonds. The summed E-state index contributed by atoms with van der Waals surface area (Å²) in [7, 11) is 1.50. The van der Waals surface area contributed by atoms with Gasteiger partial charge in [0.25, 0.3) is 0 Å². The molecule has 1 saturated heterocycles. The SMILES string of the molecule is COc1cc(C(=O)CCC(C)(O)c2cc(C3(C)CCN3)cc(-c3ccc(C)cc3)n2)ccc1OCC(C)OC(C)=O. The number of aryl methyl sites for hydroxylation is 1. The number of hydrogen-bond donors (Lipinski definition) is 2. The highest BCUT2D eigenvalue weighted by molar-refractivity contribution is 5.96. The molecule has 218 valence electrons. The summed E-state index contributed by atoms with van der Waals surface area (Å²) in [5, 5.41) is 15.1. The molecular formula is C33H40N2O6. The lowest BCUT2D eigenvalue weighted by Gasteiger charge is -2.41. The Morgan fingerprint density at radius 3 is 2.44 bits per heavy atom. The summed E-state index contributed by atoms with van der Waals surface area (Å²) in [6, 6.07) is 17.2. The molecule has 8 nitrogen and oxygen atoms in total. The Bertz CT molecular complexity index is 1400. The molecule has 0 bridgehead atoms. The molecule has 2 N–H and O–H groups in total. The zero-order valence-electron chi connectivity index (χ0n) is 24.7. The standard InChI is InChI=1S/C33H40N2O6/c1-21-7-9-24(10-8-21)27-18-26(32(4)15-16-34-32)19-31(35-27)33(5,38)14-13-28(37)25-11-12-29(30(17-25)39-6)40-20-22(2)41-23(3)36/h7-12,17-19,22,34,38H,13-16,20H2,1-6H3. The van der Waals surface area contributed by atoms with Gasteiger partial charge in [0.1, 0.15) is 18.3 Å². The Labute approximate surface area is 242 Å². The Morgan fingerprint density at radius 1 is 1.12 bits per heavy atom. The highest BCUT2D eigenvalue weighted by Gasteiger charge is 2.36. The van der Waals surface area contributed by atoms with Crippen molar-refractivity contribution < 1.29 is 28.9 Å². The van der Waals surface area contributed by atoms with Gasteiger partial charge in [-0.05, 0) is 83.0 Å². The van der Waals surface area contributed by atoms with Crippen molar-refractivity contribution in [1.82, 2.24) is 10.3 Å². The van der Waals surface area contributed by atoms with E-state index in [1.165, 1.54) is 14.0 Å². The number of hydrogen-bond acceptors (Lipinski definition) is 8. The first kappa shape index (κ1) is 30.2. The summed E-state index contributed by atoms with van der Waals surface area (Å²) in [4.78, 5) is 29.2. The predicted octanol–water partition coefficient (Wildman–Crippen LogP) is 5.48. The van der Waals surface area contributed by atoms with E-state index in [2.05, 4.69) is 30.4 Å². The fraction of sp³-hybridized carbons (Fsp3) is 0.424. The number of esters is 1. The van der Waals surface area contributed by atoms with Crippen LogP contribution >= 0.6 is 0 Å². The second-order valence-electron chi connectivity index (χ2n) is 11.3. The van der Waals surface area contributed by atoms with Gasteiger partial charge >= 0.3 is 5.97 Å². The smallest absolute Gasteiger partial charge is 0.303 e. The van der Waals surface area contributed by atoms with E-state index in [1.54, 1.807) is 32.0 Å². The van der Waals surface area contributed by atoms with E-state index in [1.807, 2.05) is 25.1 Å². The average molecular weight is 561 g/mol. The maximum absolute atomic E-state index is 13.2. The van der Waals surface area contributed by atoms with E-state index in [0.717, 1.165) is 35.3 Å². The molecule has 3 aromatic rings. The molecule has 41 heavy (non-hydrogen) atoms. The van der Waals surface area contributed by atoms with Crippen LogP contribution in [-0.4, -0.2) is 48.2 Å². The fourth-order valence-corrected chi connectivity index (χ4v) is 4.86. The van der Waals surface area contributed by atoms with Crippen molar-refractivity contribution in [2.45, 2.75) is 71.1 Å². The average Bonchev–Trinajstić information content (AvgIpc) is 2.93. The number of pyridine rings is 1. The number of methoxy groups -OCH3 is 1. The first-order valence-electron chi connectivity index (χ1n) is 14.0. The second-order valence-corrected chi connectivity index (χ2v) is 11.3. The van der Waals surface area contributed by atoms with E-state index in [4.69, 9.17) is 19.2 Å². The van der Waals surface area contributed by atoms with Gasteiger partial charge in [-0.1, -0.05) is 29.8 Å². The molecule has 2 heterocycles. The minimum Gasteiger partial charge on any atom is -0.493 e. The van der Waals surface area contributed by atoms with Gasteiger partial charge in [-0.15, -0.1) is 0 Å². The number of rotatable bonds is 12. The van der Waals surface area contributed by atoms with Crippen LogP contribution in [-0.2, 0) is 20.7 Å². The van der Waals surface area contributed by atoms with Crippen molar-refractivity contribution in [3.63, 3.8) is 0 Å². The molecule has 1 aliphatic rings. The van der Waals surface area contributed by atoms with Gasteiger partial charge in [0.15, 0.2) is 17.3 Å². The molecule has 1 aliphatic heterocycles. The van der Waals surface area contributed by atoms with Gasteiger partial charge in [-0.25, -0.2) is 4.98 Å². The van der Waals surface area contributed by atoms with E-state index in [0.29, 0.717) is 22.8 Å². The number of aromatic nitrogens is 1. The minimum absolute atomic E-state index is 0.112. The molecule has 0 spiro atoms. The van der Waals surface area contributed by atoms with Gasteiger partial charge in [-0.2, -0.15) is 0 Å². The van der Waals surface area contributed by atoms with Gasteiger partial charge in [-0.3, -0.25) is 9.59 Å². The van der Waals surface area contributed by atoms with Crippen LogP contribution in [0.25, 0.3) is 11.3 Å². The molecule has 2 aromatic carbocycles. The molecule has 0 aliphatic carbocycles. The van der Waals surface area contributed by atoms with Gasteiger partial charge < -0.3 is 24.6 Å². The summed E-state index contributed by atoms with van der Waals surface area (Å²) in [6.07, 6.45) is 0.873. The first-order valence-corrected chi connectivity index (χ1v) is 14.0. The van der Waals surface area contributed by atoms with Crippen LogP contribution in [0.3, 0.4) is 0 Å². The number of ether oxygens (including phenoxy) is 3. The summed E-state index contributed by atoms with van der Waals surface area (Å²) in [5.41, 5.74) is 3.48. The monoisotopic (exact) mass is 560 g/mol.